The van der Waals surface area contributed by atoms with Crippen LogP contribution in [0.5, 0.6) is 5.75 Å². The molecule has 92 valence electrons. The van der Waals surface area contributed by atoms with E-state index in [0.29, 0.717) is 0 Å². The van der Waals surface area contributed by atoms with Gasteiger partial charge in [-0.2, -0.15) is 5.10 Å². The Bertz CT molecular complexity index is 609. The fraction of sp³-hybridized carbons (Fsp3) is 0. The Hall–Kier alpha value is -2.34. The van der Waals surface area contributed by atoms with Crippen molar-refractivity contribution in [2.24, 2.45) is 0 Å². The molecule has 0 saturated heterocycles. The normalized spacial score (nSPS) is 10.1. The minimum Gasteiger partial charge on any atom is -0.476 e. The van der Waals surface area contributed by atoms with Crippen molar-refractivity contribution < 1.29 is 19.4 Å². The molecular formula is C11H7ClN2O4. The maximum atomic E-state index is 11.7. The van der Waals surface area contributed by atoms with E-state index in [1.807, 2.05) is 0 Å². The van der Waals surface area contributed by atoms with Crippen molar-refractivity contribution in [3.05, 3.63) is 46.7 Å². The van der Waals surface area contributed by atoms with E-state index in [1.165, 1.54) is 6.07 Å². The highest BCUT2D eigenvalue weighted by atomic mass is 35.5. The smallest absolute Gasteiger partial charge is 0.361 e. The molecule has 6 nitrogen and oxygen atoms in total. The molecule has 0 fully saturated rings. The van der Waals surface area contributed by atoms with E-state index in [0.717, 1.165) is 6.07 Å². The van der Waals surface area contributed by atoms with Crippen LogP contribution in [0.3, 0.4) is 0 Å². The number of para-hydroxylation sites is 1. The number of hydrogen-bond acceptors (Lipinski definition) is 4. The third-order valence-electron chi connectivity index (χ3n) is 2.06. The van der Waals surface area contributed by atoms with Gasteiger partial charge in [0.25, 0.3) is 0 Å². The Labute approximate surface area is 106 Å². The maximum absolute atomic E-state index is 11.7. The number of hydrogen-bond donors (Lipinski definition) is 2. The highest BCUT2D eigenvalue weighted by Crippen LogP contribution is 2.23. The van der Waals surface area contributed by atoms with Crippen molar-refractivity contribution in [3.8, 4) is 5.75 Å². The minimum absolute atomic E-state index is 0.0627. The Morgan fingerprint density at radius 2 is 2.06 bits per heavy atom. The van der Waals surface area contributed by atoms with E-state index in [2.05, 4.69) is 10.2 Å². The van der Waals surface area contributed by atoms with E-state index in [4.69, 9.17) is 21.4 Å². The monoisotopic (exact) mass is 266 g/mol. The molecule has 1 aromatic heterocycles. The van der Waals surface area contributed by atoms with Gasteiger partial charge in [0.15, 0.2) is 5.69 Å². The first kappa shape index (κ1) is 12.1. The lowest BCUT2D eigenvalue weighted by Crippen LogP contribution is -2.09. The summed E-state index contributed by atoms with van der Waals surface area (Å²) >= 11 is 5.81. The number of halogens is 1. The van der Waals surface area contributed by atoms with E-state index in [-0.39, 0.29) is 22.2 Å². The molecule has 0 saturated carbocycles. The first-order chi connectivity index (χ1) is 8.58. The van der Waals surface area contributed by atoms with Crippen molar-refractivity contribution in [1.29, 1.82) is 0 Å². The van der Waals surface area contributed by atoms with Crippen molar-refractivity contribution in [1.82, 2.24) is 10.2 Å². The highest BCUT2D eigenvalue weighted by molar-refractivity contribution is 6.32. The van der Waals surface area contributed by atoms with E-state index in [1.54, 1.807) is 18.2 Å². The van der Waals surface area contributed by atoms with Crippen LogP contribution in [-0.4, -0.2) is 27.2 Å². The summed E-state index contributed by atoms with van der Waals surface area (Å²) < 4.78 is 4.99. The summed E-state index contributed by atoms with van der Waals surface area (Å²) in [6, 6.07) is 7.53. The summed E-state index contributed by atoms with van der Waals surface area (Å²) in [5.41, 5.74) is -0.326. The lowest BCUT2D eigenvalue weighted by Gasteiger charge is -2.03. The summed E-state index contributed by atoms with van der Waals surface area (Å²) in [7, 11) is 0. The number of carboxylic acids is 1. The first-order valence-corrected chi connectivity index (χ1v) is 5.21. The number of ether oxygens (including phenoxy) is 1. The molecule has 0 spiro atoms. The van der Waals surface area contributed by atoms with Gasteiger partial charge in [0, 0.05) is 6.07 Å². The Morgan fingerprint density at radius 3 is 2.67 bits per heavy atom. The average molecular weight is 267 g/mol. The molecular weight excluding hydrogens is 260 g/mol. The number of carboxylic acid groups (broad SMARTS) is 1. The molecule has 2 aromatic rings. The molecule has 0 aliphatic carbocycles. The Morgan fingerprint density at radius 1 is 1.33 bits per heavy atom. The molecule has 0 aliphatic rings. The number of nitrogens with zero attached hydrogens (tertiary/aromatic N) is 1. The number of H-pyrrole nitrogens is 1. The fourth-order valence-electron chi connectivity index (χ4n) is 1.22. The van der Waals surface area contributed by atoms with Gasteiger partial charge in [-0.05, 0) is 12.1 Å². The number of aromatic carboxylic acids is 1. The lowest BCUT2D eigenvalue weighted by atomic mass is 10.3. The minimum atomic E-state index is -1.23. The van der Waals surface area contributed by atoms with Crippen LogP contribution in [0, 0.1) is 0 Å². The standard InChI is InChI=1S/C11H7ClN2O4/c12-6-3-1-2-4-9(6)18-11(17)8-5-7(10(15)16)13-14-8/h1-5H,(H,13,14)(H,15,16). The van der Waals surface area contributed by atoms with Crippen molar-refractivity contribution in [2.75, 3.05) is 0 Å². The van der Waals surface area contributed by atoms with E-state index in [9.17, 15) is 9.59 Å². The van der Waals surface area contributed by atoms with Gasteiger partial charge in [-0.15, -0.1) is 0 Å². The van der Waals surface area contributed by atoms with E-state index < -0.39 is 11.9 Å². The van der Waals surface area contributed by atoms with Crippen molar-refractivity contribution >= 4 is 23.5 Å². The van der Waals surface area contributed by atoms with Crippen LogP contribution in [-0.2, 0) is 0 Å². The third kappa shape index (κ3) is 2.49. The molecule has 7 heteroatoms. The van der Waals surface area contributed by atoms with Gasteiger partial charge in [-0.1, -0.05) is 23.7 Å². The molecule has 0 unspecified atom stereocenters. The fourth-order valence-corrected chi connectivity index (χ4v) is 1.39. The molecule has 1 heterocycles. The number of rotatable bonds is 3. The van der Waals surface area contributed by atoms with Crippen LogP contribution < -0.4 is 4.74 Å². The summed E-state index contributed by atoms with van der Waals surface area (Å²) in [5, 5.41) is 14.7. The summed E-state index contributed by atoms with van der Waals surface area (Å²) in [4.78, 5) is 22.3. The number of aromatic amines is 1. The zero-order valence-corrected chi connectivity index (χ0v) is 9.64. The second-order valence-corrected chi connectivity index (χ2v) is 3.70. The van der Waals surface area contributed by atoms with Crippen LogP contribution in [0.15, 0.2) is 30.3 Å². The molecule has 1 aromatic carbocycles. The SMILES string of the molecule is O=C(O)c1cc(C(=O)Oc2ccccc2Cl)[nH]n1. The number of carbonyl (C=O) groups excluding carboxylic acids is 1. The zero-order chi connectivity index (χ0) is 13.1. The van der Waals surface area contributed by atoms with Crippen LogP contribution in [0.2, 0.25) is 5.02 Å². The molecule has 0 radical (unpaired) electrons. The van der Waals surface area contributed by atoms with Crippen molar-refractivity contribution in [3.63, 3.8) is 0 Å². The van der Waals surface area contributed by atoms with Gasteiger partial charge in [0.2, 0.25) is 0 Å². The first-order valence-electron chi connectivity index (χ1n) is 4.83. The highest BCUT2D eigenvalue weighted by Gasteiger charge is 2.16. The lowest BCUT2D eigenvalue weighted by molar-refractivity contribution is 0.0689. The van der Waals surface area contributed by atoms with Gasteiger partial charge >= 0.3 is 11.9 Å². The van der Waals surface area contributed by atoms with Crippen LogP contribution >= 0.6 is 11.6 Å². The number of nitrogens with one attached hydrogen (secondary N) is 1. The summed E-state index contributed by atoms with van der Waals surface area (Å²) in [5.74, 6) is -1.80. The Balaban J connectivity index is 2.17. The largest absolute Gasteiger partial charge is 0.476 e. The van der Waals surface area contributed by atoms with Crippen LogP contribution in [0.1, 0.15) is 21.0 Å². The van der Waals surface area contributed by atoms with Crippen LogP contribution in [0.25, 0.3) is 0 Å². The van der Waals surface area contributed by atoms with Gasteiger partial charge in [0.1, 0.15) is 11.4 Å². The molecule has 2 N–H and O–H groups in total. The molecule has 2 rings (SSSR count). The van der Waals surface area contributed by atoms with Gasteiger partial charge in [0.05, 0.1) is 5.02 Å². The third-order valence-corrected chi connectivity index (χ3v) is 2.37. The second-order valence-electron chi connectivity index (χ2n) is 3.29. The molecule has 0 bridgehead atoms. The average Bonchev–Trinajstić information content (AvgIpc) is 2.81. The maximum Gasteiger partial charge on any atom is 0.361 e. The molecule has 0 aliphatic heterocycles. The number of aromatic nitrogens is 2. The van der Waals surface area contributed by atoms with Crippen molar-refractivity contribution in [2.45, 2.75) is 0 Å². The molecule has 0 amide bonds. The molecule has 0 atom stereocenters. The number of carbonyl (C=O) groups is 2. The predicted molar refractivity (Wildman–Crippen MR) is 62.0 cm³/mol. The zero-order valence-electron chi connectivity index (χ0n) is 8.88. The number of esters is 1. The van der Waals surface area contributed by atoms with Gasteiger partial charge in [-0.25, -0.2) is 9.59 Å². The van der Waals surface area contributed by atoms with Crippen LogP contribution in [0.4, 0.5) is 0 Å². The van der Waals surface area contributed by atoms with Gasteiger partial charge < -0.3 is 9.84 Å². The van der Waals surface area contributed by atoms with E-state index >= 15 is 0 Å². The topological polar surface area (TPSA) is 92.3 Å². The number of benzene rings is 1. The quantitative estimate of drug-likeness (QED) is 0.654. The predicted octanol–water partition coefficient (Wildman–Crippen LogP) is 1.98. The Kier molecular flexibility index (Phi) is 3.29. The summed E-state index contributed by atoms with van der Waals surface area (Å²) in [6.45, 7) is 0. The second kappa shape index (κ2) is 4.89. The summed E-state index contributed by atoms with van der Waals surface area (Å²) in [6.07, 6.45) is 0. The molecule has 18 heavy (non-hydrogen) atoms. The van der Waals surface area contributed by atoms with Gasteiger partial charge in [-0.3, -0.25) is 5.10 Å².